The molecule has 0 aliphatic carbocycles. The van der Waals surface area contributed by atoms with Crippen molar-refractivity contribution in [2.75, 3.05) is 45.2 Å². The maximum atomic E-state index is 12.9. The van der Waals surface area contributed by atoms with Crippen molar-refractivity contribution < 1.29 is 9.53 Å². The van der Waals surface area contributed by atoms with Crippen LogP contribution in [0.2, 0.25) is 5.02 Å². The molecule has 0 spiro atoms. The van der Waals surface area contributed by atoms with Crippen LogP contribution in [-0.4, -0.2) is 62.1 Å². The molecule has 0 aromatic heterocycles. The number of para-hydroxylation sites is 1. The maximum absolute atomic E-state index is 12.9. The van der Waals surface area contributed by atoms with Gasteiger partial charge in [0.2, 0.25) is 5.91 Å². The number of hydrogen-bond acceptors (Lipinski definition) is 4. The number of amides is 1. The van der Waals surface area contributed by atoms with Gasteiger partial charge in [0, 0.05) is 56.0 Å². The Kier molecular flexibility index (Phi) is 5.58. The molecule has 1 amide bonds. The molecule has 1 unspecified atom stereocenters. The summed E-state index contributed by atoms with van der Waals surface area (Å²) in [6.07, 6.45) is 0.793. The first-order valence-corrected chi connectivity index (χ1v) is 10.1. The van der Waals surface area contributed by atoms with Crippen LogP contribution in [0.3, 0.4) is 0 Å². The fraction of sp³-hybridized carbons (Fsp3) is 0.409. The lowest BCUT2D eigenvalue weighted by molar-refractivity contribution is -0.124. The van der Waals surface area contributed by atoms with Crippen LogP contribution in [0.25, 0.3) is 0 Å². The monoisotopic (exact) mass is 399 g/mol. The van der Waals surface area contributed by atoms with Crippen LogP contribution >= 0.6 is 11.6 Å². The summed E-state index contributed by atoms with van der Waals surface area (Å²) in [5.41, 5.74) is 3.39. The van der Waals surface area contributed by atoms with Crippen LogP contribution in [0.15, 0.2) is 42.5 Å². The van der Waals surface area contributed by atoms with Crippen molar-refractivity contribution in [2.24, 2.45) is 0 Å². The predicted octanol–water partition coefficient (Wildman–Crippen LogP) is 3.05. The van der Waals surface area contributed by atoms with Crippen LogP contribution in [0, 0.1) is 0 Å². The summed E-state index contributed by atoms with van der Waals surface area (Å²) in [5, 5.41) is 0.726. The van der Waals surface area contributed by atoms with Crippen LogP contribution in [0.1, 0.15) is 11.1 Å². The van der Waals surface area contributed by atoms with Gasteiger partial charge in [-0.1, -0.05) is 29.8 Å². The number of hydrogen-bond donors (Lipinski definition) is 0. The van der Waals surface area contributed by atoms with E-state index in [1.165, 1.54) is 5.56 Å². The molecule has 0 bridgehead atoms. The zero-order chi connectivity index (χ0) is 19.7. The lowest BCUT2D eigenvalue weighted by Crippen LogP contribution is -2.57. The van der Waals surface area contributed by atoms with Crippen molar-refractivity contribution >= 4 is 23.2 Å². The number of carbonyl (C=O) groups is 1. The molecule has 28 heavy (non-hydrogen) atoms. The van der Waals surface area contributed by atoms with E-state index in [-0.39, 0.29) is 11.9 Å². The average Bonchev–Trinajstić information content (AvgIpc) is 2.72. The SMILES string of the molecule is COc1ccc(Cl)cc1CN1CCN(C2Cc3ccccc3N(C)C2=O)CC1. The van der Waals surface area contributed by atoms with Crippen LogP contribution in [0.4, 0.5) is 5.69 Å². The van der Waals surface area contributed by atoms with Gasteiger partial charge in [-0.3, -0.25) is 14.6 Å². The molecular weight excluding hydrogens is 374 g/mol. The number of anilines is 1. The summed E-state index contributed by atoms with van der Waals surface area (Å²) >= 11 is 6.16. The van der Waals surface area contributed by atoms with Gasteiger partial charge in [0.25, 0.3) is 0 Å². The van der Waals surface area contributed by atoms with E-state index in [1.807, 2.05) is 42.3 Å². The Morgan fingerprint density at radius 3 is 2.61 bits per heavy atom. The lowest BCUT2D eigenvalue weighted by atomic mass is 9.96. The average molecular weight is 400 g/mol. The highest BCUT2D eigenvalue weighted by Crippen LogP contribution is 2.29. The van der Waals surface area contributed by atoms with Crippen molar-refractivity contribution in [1.82, 2.24) is 9.80 Å². The van der Waals surface area contributed by atoms with Crippen molar-refractivity contribution in [2.45, 2.75) is 19.0 Å². The van der Waals surface area contributed by atoms with Gasteiger partial charge in [-0.05, 0) is 36.2 Å². The number of piperazine rings is 1. The fourth-order valence-electron chi connectivity index (χ4n) is 4.28. The van der Waals surface area contributed by atoms with Gasteiger partial charge in [-0.2, -0.15) is 0 Å². The Balaban J connectivity index is 1.41. The number of rotatable bonds is 4. The molecule has 1 atom stereocenters. The Hall–Kier alpha value is -2.08. The van der Waals surface area contributed by atoms with E-state index in [2.05, 4.69) is 21.9 Å². The molecule has 2 aromatic carbocycles. The number of nitrogens with zero attached hydrogens (tertiary/aromatic N) is 3. The first-order chi connectivity index (χ1) is 13.6. The normalized spacial score (nSPS) is 20.9. The molecule has 0 N–H and O–H groups in total. The lowest BCUT2D eigenvalue weighted by Gasteiger charge is -2.42. The topological polar surface area (TPSA) is 36.0 Å². The minimum absolute atomic E-state index is 0.0669. The van der Waals surface area contributed by atoms with Crippen molar-refractivity contribution in [1.29, 1.82) is 0 Å². The number of likely N-dealkylation sites (N-methyl/N-ethyl adjacent to an activating group) is 1. The molecule has 6 heteroatoms. The third-order valence-electron chi connectivity index (χ3n) is 5.87. The summed E-state index contributed by atoms with van der Waals surface area (Å²) in [4.78, 5) is 19.5. The van der Waals surface area contributed by atoms with E-state index in [4.69, 9.17) is 16.3 Å². The first-order valence-electron chi connectivity index (χ1n) is 9.71. The molecule has 148 valence electrons. The molecule has 0 radical (unpaired) electrons. The van der Waals surface area contributed by atoms with Crippen molar-refractivity contribution in [3.63, 3.8) is 0 Å². The number of halogens is 1. The highest BCUT2D eigenvalue weighted by atomic mass is 35.5. The molecule has 5 nitrogen and oxygen atoms in total. The summed E-state index contributed by atoms with van der Waals surface area (Å²) in [5.74, 6) is 1.07. The van der Waals surface area contributed by atoms with Gasteiger partial charge in [0.15, 0.2) is 0 Å². The quantitative estimate of drug-likeness (QED) is 0.791. The summed E-state index contributed by atoms with van der Waals surface area (Å²) in [6.45, 7) is 4.42. The number of benzene rings is 2. The molecule has 1 saturated heterocycles. The van der Waals surface area contributed by atoms with Crippen molar-refractivity contribution in [3.05, 3.63) is 58.6 Å². The molecule has 4 rings (SSSR count). The third kappa shape index (κ3) is 3.75. The van der Waals surface area contributed by atoms with Gasteiger partial charge in [-0.25, -0.2) is 0 Å². The van der Waals surface area contributed by atoms with E-state index >= 15 is 0 Å². The van der Waals surface area contributed by atoms with Gasteiger partial charge >= 0.3 is 0 Å². The minimum Gasteiger partial charge on any atom is -0.496 e. The zero-order valence-corrected chi connectivity index (χ0v) is 17.2. The highest BCUT2D eigenvalue weighted by molar-refractivity contribution is 6.30. The molecule has 1 fully saturated rings. The molecule has 2 heterocycles. The zero-order valence-electron chi connectivity index (χ0n) is 16.4. The predicted molar refractivity (Wildman–Crippen MR) is 112 cm³/mol. The molecular formula is C22H26ClN3O2. The number of fused-ring (bicyclic) bond motifs is 1. The number of ether oxygens (including phenoxy) is 1. The smallest absolute Gasteiger partial charge is 0.244 e. The Labute approximate surface area is 171 Å². The maximum Gasteiger partial charge on any atom is 0.244 e. The van der Waals surface area contributed by atoms with E-state index in [1.54, 1.807) is 7.11 Å². The highest BCUT2D eigenvalue weighted by Gasteiger charge is 2.35. The number of methoxy groups -OCH3 is 1. The number of carbonyl (C=O) groups excluding carboxylic acids is 1. The molecule has 0 saturated carbocycles. The van der Waals surface area contributed by atoms with Crippen LogP contribution in [0.5, 0.6) is 5.75 Å². The van der Waals surface area contributed by atoms with Crippen LogP contribution < -0.4 is 9.64 Å². The van der Waals surface area contributed by atoms with Crippen molar-refractivity contribution in [3.8, 4) is 5.75 Å². The Bertz CT molecular complexity index is 865. The van der Waals surface area contributed by atoms with E-state index in [0.29, 0.717) is 0 Å². The Morgan fingerprint density at radius 2 is 1.86 bits per heavy atom. The van der Waals surface area contributed by atoms with Gasteiger partial charge < -0.3 is 9.64 Å². The van der Waals surface area contributed by atoms with Crippen LogP contribution in [-0.2, 0) is 17.8 Å². The second-order valence-corrected chi connectivity index (χ2v) is 7.95. The van der Waals surface area contributed by atoms with E-state index in [9.17, 15) is 4.79 Å². The second kappa shape index (κ2) is 8.11. The molecule has 2 aliphatic heterocycles. The van der Waals surface area contributed by atoms with E-state index < -0.39 is 0 Å². The molecule has 2 aromatic rings. The summed E-state index contributed by atoms with van der Waals surface area (Å²) < 4.78 is 5.47. The summed E-state index contributed by atoms with van der Waals surface area (Å²) in [6, 6.07) is 13.9. The first kappa shape index (κ1) is 19.2. The Morgan fingerprint density at radius 1 is 1.11 bits per heavy atom. The van der Waals surface area contributed by atoms with Gasteiger partial charge in [-0.15, -0.1) is 0 Å². The van der Waals surface area contributed by atoms with Gasteiger partial charge in [0.1, 0.15) is 5.75 Å². The largest absolute Gasteiger partial charge is 0.496 e. The minimum atomic E-state index is -0.0669. The standard InChI is InChI=1S/C22H26ClN3O2/c1-24-19-6-4-3-5-16(19)14-20(22(24)27)26-11-9-25(10-12-26)15-17-13-18(23)7-8-21(17)28-2/h3-8,13,20H,9-12,14-15H2,1-2H3. The third-order valence-corrected chi connectivity index (χ3v) is 6.10. The fourth-order valence-corrected chi connectivity index (χ4v) is 4.47. The molecule has 2 aliphatic rings. The van der Waals surface area contributed by atoms with Gasteiger partial charge in [0.05, 0.1) is 13.2 Å². The van der Waals surface area contributed by atoms with E-state index in [0.717, 1.165) is 61.2 Å². The second-order valence-electron chi connectivity index (χ2n) is 7.51. The summed E-state index contributed by atoms with van der Waals surface area (Å²) in [7, 11) is 3.57.